The lowest BCUT2D eigenvalue weighted by Gasteiger charge is -2.35. The van der Waals surface area contributed by atoms with E-state index in [1.165, 1.54) is 0 Å². The number of hydrogen-bond donors (Lipinski definition) is 0. The number of hydrogen-bond acceptors (Lipinski definition) is 0. The van der Waals surface area contributed by atoms with Crippen LogP contribution in [0.5, 0.6) is 0 Å². The number of benzene rings is 1. The van der Waals surface area contributed by atoms with Crippen LogP contribution in [-0.2, 0) is 0 Å². The zero-order valence-electron chi connectivity index (χ0n) is 13.2. The molecule has 102 valence electrons. The molecule has 1 aromatic rings. The maximum atomic E-state index is 2.43. The van der Waals surface area contributed by atoms with Gasteiger partial charge in [-0.05, 0) is 34.3 Å². The molecular formula is C16H28P2. The molecule has 2 heteroatoms. The third kappa shape index (κ3) is 3.79. The Labute approximate surface area is 116 Å². The molecule has 0 bridgehead atoms. The fourth-order valence-electron chi connectivity index (χ4n) is 1.75. The third-order valence-corrected chi connectivity index (χ3v) is 10.0. The Kier molecular flexibility index (Phi) is 5.02. The van der Waals surface area contributed by atoms with Crippen molar-refractivity contribution in [3.8, 4) is 0 Å². The second-order valence-corrected chi connectivity index (χ2v) is 12.8. The van der Waals surface area contributed by atoms with E-state index in [1.807, 2.05) is 0 Å². The van der Waals surface area contributed by atoms with Gasteiger partial charge in [0.05, 0.1) is 0 Å². The maximum absolute atomic E-state index is 2.43. The minimum Gasteiger partial charge on any atom is -0.0723 e. The quantitative estimate of drug-likeness (QED) is 0.686. The molecule has 0 aliphatic carbocycles. The molecule has 0 saturated carbocycles. The second-order valence-electron chi connectivity index (χ2n) is 6.95. The molecule has 0 radical (unpaired) electrons. The first-order valence-electron chi connectivity index (χ1n) is 6.62. The molecule has 0 saturated heterocycles. The van der Waals surface area contributed by atoms with Crippen LogP contribution in [0.4, 0.5) is 0 Å². The minimum atomic E-state index is -0.101. The highest BCUT2D eigenvalue weighted by atomic mass is 31.1. The zero-order chi connectivity index (χ0) is 14.1. The Bertz CT molecular complexity index is 357. The van der Waals surface area contributed by atoms with Crippen LogP contribution < -0.4 is 10.6 Å². The van der Waals surface area contributed by atoms with Crippen molar-refractivity contribution in [2.24, 2.45) is 0 Å². The van der Waals surface area contributed by atoms with Crippen LogP contribution >= 0.6 is 15.8 Å². The van der Waals surface area contributed by atoms with E-state index in [2.05, 4.69) is 79.1 Å². The number of rotatable bonds is 2. The fourth-order valence-corrected chi connectivity index (χ4v) is 5.56. The van der Waals surface area contributed by atoms with Crippen molar-refractivity contribution >= 4 is 26.5 Å². The Morgan fingerprint density at radius 1 is 0.667 bits per heavy atom. The van der Waals surface area contributed by atoms with Gasteiger partial charge in [-0.1, -0.05) is 81.7 Å². The topological polar surface area (TPSA) is 0 Å². The molecular weight excluding hydrogens is 254 g/mol. The smallest absolute Gasteiger partial charge is 0.0141 e. The average Bonchev–Trinajstić information content (AvgIpc) is 2.24. The summed E-state index contributed by atoms with van der Waals surface area (Å²) in [4.78, 5) is 0. The minimum absolute atomic E-state index is 0.101. The molecule has 0 aromatic heterocycles. The van der Waals surface area contributed by atoms with Crippen LogP contribution in [0.15, 0.2) is 24.3 Å². The third-order valence-electron chi connectivity index (χ3n) is 3.62. The van der Waals surface area contributed by atoms with Crippen molar-refractivity contribution in [2.75, 3.05) is 13.3 Å². The molecule has 1 rings (SSSR count). The lowest BCUT2D eigenvalue weighted by molar-refractivity contribution is 0.789. The standard InChI is InChI=1S/C16H28P2/c1-15(2,3)17(7)13-11-9-10-12-14(13)18(8)16(4,5)6/h9-12H,1-8H3/t17-,18-/m1/s1. The van der Waals surface area contributed by atoms with E-state index in [-0.39, 0.29) is 15.8 Å². The largest absolute Gasteiger partial charge is 0.0723 e. The summed E-state index contributed by atoms with van der Waals surface area (Å²) in [5, 5.41) is 4.01. The average molecular weight is 282 g/mol. The summed E-state index contributed by atoms with van der Waals surface area (Å²) in [6.07, 6.45) is 0. The summed E-state index contributed by atoms with van der Waals surface area (Å²) in [5.41, 5.74) is 0. The second kappa shape index (κ2) is 5.60. The lowest BCUT2D eigenvalue weighted by Crippen LogP contribution is -2.31. The first-order chi connectivity index (χ1) is 8.05. The van der Waals surface area contributed by atoms with Gasteiger partial charge in [0.25, 0.3) is 0 Å². The van der Waals surface area contributed by atoms with Crippen molar-refractivity contribution in [1.82, 2.24) is 0 Å². The molecule has 1 aromatic carbocycles. The summed E-state index contributed by atoms with van der Waals surface area (Å²) in [6.45, 7) is 19.1. The highest BCUT2D eigenvalue weighted by molar-refractivity contribution is 7.72. The highest BCUT2D eigenvalue weighted by Crippen LogP contribution is 2.49. The van der Waals surface area contributed by atoms with Gasteiger partial charge < -0.3 is 0 Å². The maximum Gasteiger partial charge on any atom is -0.0141 e. The lowest BCUT2D eigenvalue weighted by atomic mass is 10.3. The van der Waals surface area contributed by atoms with Gasteiger partial charge in [0.15, 0.2) is 0 Å². The summed E-state index contributed by atoms with van der Waals surface area (Å²) < 4.78 is 0. The summed E-state index contributed by atoms with van der Waals surface area (Å²) in [7, 11) is -0.202. The van der Waals surface area contributed by atoms with Gasteiger partial charge in [0, 0.05) is 0 Å². The van der Waals surface area contributed by atoms with Crippen LogP contribution in [0.2, 0.25) is 0 Å². The monoisotopic (exact) mass is 282 g/mol. The molecule has 0 fully saturated rings. The van der Waals surface area contributed by atoms with Gasteiger partial charge >= 0.3 is 0 Å². The molecule has 0 heterocycles. The predicted molar refractivity (Wildman–Crippen MR) is 90.9 cm³/mol. The van der Waals surface area contributed by atoms with E-state index < -0.39 is 0 Å². The molecule has 0 aliphatic rings. The van der Waals surface area contributed by atoms with Crippen molar-refractivity contribution in [3.63, 3.8) is 0 Å². The van der Waals surface area contributed by atoms with Gasteiger partial charge in [-0.15, -0.1) is 0 Å². The fraction of sp³-hybridized carbons (Fsp3) is 0.625. The van der Waals surface area contributed by atoms with Gasteiger partial charge in [0.1, 0.15) is 0 Å². The molecule has 0 spiro atoms. The van der Waals surface area contributed by atoms with Gasteiger partial charge in [-0.3, -0.25) is 0 Å². The van der Waals surface area contributed by atoms with E-state index in [9.17, 15) is 0 Å². The van der Waals surface area contributed by atoms with Crippen LogP contribution in [0.3, 0.4) is 0 Å². The van der Waals surface area contributed by atoms with Crippen LogP contribution in [-0.4, -0.2) is 23.6 Å². The Morgan fingerprint density at radius 3 is 1.17 bits per heavy atom. The van der Waals surface area contributed by atoms with Gasteiger partial charge in [-0.2, -0.15) is 0 Å². The Balaban J connectivity index is 3.23. The van der Waals surface area contributed by atoms with E-state index in [0.717, 1.165) is 0 Å². The van der Waals surface area contributed by atoms with Crippen molar-refractivity contribution < 1.29 is 0 Å². The summed E-state index contributed by atoms with van der Waals surface area (Å²) in [5.74, 6) is 0. The zero-order valence-corrected chi connectivity index (χ0v) is 15.0. The summed E-state index contributed by atoms with van der Waals surface area (Å²) in [6, 6.07) is 9.12. The molecule has 0 N–H and O–H groups in total. The Hall–Kier alpha value is 0.0800. The van der Waals surface area contributed by atoms with Crippen LogP contribution in [0.1, 0.15) is 41.5 Å². The van der Waals surface area contributed by atoms with E-state index in [4.69, 9.17) is 0 Å². The predicted octanol–water partition coefficient (Wildman–Crippen LogP) is 4.76. The first kappa shape index (κ1) is 16.1. The highest BCUT2D eigenvalue weighted by Gasteiger charge is 2.28. The SMILES string of the molecule is C[P@](c1ccccc1[P@@](C)C(C)(C)C)C(C)(C)C. The van der Waals surface area contributed by atoms with Crippen molar-refractivity contribution in [3.05, 3.63) is 24.3 Å². The normalized spacial score (nSPS) is 16.4. The van der Waals surface area contributed by atoms with Crippen molar-refractivity contribution in [2.45, 2.75) is 51.9 Å². The van der Waals surface area contributed by atoms with E-state index in [0.29, 0.717) is 10.3 Å². The molecule has 0 nitrogen and oxygen atoms in total. The Morgan fingerprint density at radius 2 is 0.944 bits per heavy atom. The molecule has 18 heavy (non-hydrogen) atoms. The van der Waals surface area contributed by atoms with Crippen LogP contribution in [0, 0.1) is 0 Å². The van der Waals surface area contributed by atoms with Gasteiger partial charge in [0.2, 0.25) is 0 Å². The molecule has 0 unspecified atom stereocenters. The molecule has 0 aliphatic heterocycles. The van der Waals surface area contributed by atoms with E-state index in [1.54, 1.807) is 10.6 Å². The van der Waals surface area contributed by atoms with E-state index >= 15 is 0 Å². The molecule has 0 amide bonds. The van der Waals surface area contributed by atoms with Crippen molar-refractivity contribution in [1.29, 1.82) is 0 Å². The molecule has 2 atom stereocenters. The first-order valence-corrected chi connectivity index (χ1v) is 10.2. The van der Waals surface area contributed by atoms with Gasteiger partial charge in [-0.25, -0.2) is 0 Å². The van der Waals surface area contributed by atoms with Crippen LogP contribution in [0.25, 0.3) is 0 Å². The summed E-state index contributed by atoms with van der Waals surface area (Å²) >= 11 is 0.